The van der Waals surface area contributed by atoms with E-state index in [1.165, 1.54) is 11.3 Å². The van der Waals surface area contributed by atoms with Crippen LogP contribution in [0.5, 0.6) is 0 Å². The minimum Gasteiger partial charge on any atom is -0.348 e. The molecule has 0 spiro atoms. The van der Waals surface area contributed by atoms with Crippen molar-refractivity contribution in [1.82, 2.24) is 10.3 Å². The van der Waals surface area contributed by atoms with E-state index >= 15 is 0 Å². The fraction of sp³-hybridized carbons (Fsp3) is 0.150. The Labute approximate surface area is 155 Å². The van der Waals surface area contributed by atoms with Gasteiger partial charge in [0.15, 0.2) is 0 Å². The molecule has 0 bridgehead atoms. The second kappa shape index (κ2) is 7.49. The van der Waals surface area contributed by atoms with Crippen LogP contribution in [0, 0.1) is 13.8 Å². The summed E-state index contributed by atoms with van der Waals surface area (Å²) in [4.78, 5) is 30.9. The molecule has 3 rings (SSSR count). The first-order chi connectivity index (χ1) is 12.5. The van der Waals surface area contributed by atoms with Crippen LogP contribution in [0.2, 0.25) is 0 Å². The van der Waals surface area contributed by atoms with Crippen LogP contribution in [0.1, 0.15) is 31.3 Å². The maximum Gasteiger partial charge on any atom is 0.263 e. The average molecular weight is 365 g/mol. The van der Waals surface area contributed by atoms with Crippen LogP contribution >= 0.6 is 11.3 Å². The molecule has 132 valence electrons. The second-order valence-electron chi connectivity index (χ2n) is 5.89. The van der Waals surface area contributed by atoms with Crippen molar-refractivity contribution in [2.45, 2.75) is 13.8 Å². The van der Waals surface area contributed by atoms with E-state index in [9.17, 15) is 9.59 Å². The molecule has 2 N–H and O–H groups in total. The highest BCUT2D eigenvalue weighted by atomic mass is 32.1. The number of nitrogens with zero attached hydrogens (tertiary/aromatic N) is 1. The van der Waals surface area contributed by atoms with Crippen LogP contribution < -0.4 is 10.6 Å². The zero-order valence-electron chi connectivity index (χ0n) is 14.6. The molecule has 0 unspecified atom stereocenters. The van der Waals surface area contributed by atoms with E-state index < -0.39 is 0 Å². The molecule has 0 saturated carbocycles. The molecule has 0 fully saturated rings. The van der Waals surface area contributed by atoms with Crippen molar-refractivity contribution < 1.29 is 9.59 Å². The lowest BCUT2D eigenvalue weighted by atomic mass is 10.1. The summed E-state index contributed by atoms with van der Waals surface area (Å²) in [5, 5.41) is 6.48. The van der Waals surface area contributed by atoms with Gasteiger partial charge in [0.25, 0.3) is 11.8 Å². The van der Waals surface area contributed by atoms with Gasteiger partial charge in [-0.25, -0.2) is 4.98 Å². The number of amides is 2. The van der Waals surface area contributed by atoms with Gasteiger partial charge in [0, 0.05) is 23.2 Å². The number of carbonyl (C=O) groups excluding carboxylic acids is 2. The first-order valence-electron chi connectivity index (χ1n) is 8.17. The van der Waals surface area contributed by atoms with Crippen molar-refractivity contribution in [2.24, 2.45) is 0 Å². The van der Waals surface area contributed by atoms with E-state index in [4.69, 9.17) is 0 Å². The van der Waals surface area contributed by atoms with Gasteiger partial charge in [-0.1, -0.05) is 24.3 Å². The molecule has 0 aliphatic heterocycles. The van der Waals surface area contributed by atoms with Gasteiger partial charge in [-0.15, -0.1) is 17.9 Å². The lowest BCUT2D eigenvalue weighted by Gasteiger charge is -2.09. The van der Waals surface area contributed by atoms with E-state index in [1.807, 2.05) is 26.0 Å². The van der Waals surface area contributed by atoms with Crippen molar-refractivity contribution in [3.63, 3.8) is 0 Å². The monoisotopic (exact) mass is 365 g/mol. The fourth-order valence-corrected chi connectivity index (χ4v) is 3.91. The molecular formula is C20H19N3O2S. The summed E-state index contributed by atoms with van der Waals surface area (Å²) in [5.74, 6) is -0.517. The van der Waals surface area contributed by atoms with Crippen molar-refractivity contribution in [1.29, 1.82) is 0 Å². The molecule has 5 nitrogen and oxygen atoms in total. The van der Waals surface area contributed by atoms with Crippen LogP contribution in [0.3, 0.4) is 0 Å². The van der Waals surface area contributed by atoms with Gasteiger partial charge in [0.1, 0.15) is 9.71 Å². The predicted octanol–water partition coefficient (Wildman–Crippen LogP) is 4.08. The molecule has 2 amide bonds. The molecule has 2 heterocycles. The Morgan fingerprint density at radius 2 is 1.92 bits per heavy atom. The number of aromatic nitrogens is 1. The number of carbonyl (C=O) groups is 2. The zero-order valence-corrected chi connectivity index (χ0v) is 15.4. The van der Waals surface area contributed by atoms with E-state index in [1.54, 1.807) is 30.3 Å². The van der Waals surface area contributed by atoms with Gasteiger partial charge in [0.2, 0.25) is 0 Å². The molecule has 0 saturated heterocycles. The number of nitrogens with one attached hydrogen (secondary N) is 2. The van der Waals surface area contributed by atoms with Crippen LogP contribution in [-0.2, 0) is 0 Å². The first kappa shape index (κ1) is 17.8. The summed E-state index contributed by atoms with van der Waals surface area (Å²) in [5.41, 5.74) is 2.87. The molecule has 6 heteroatoms. The number of anilines is 1. The molecule has 0 aliphatic carbocycles. The Morgan fingerprint density at radius 3 is 2.62 bits per heavy atom. The minimum atomic E-state index is -0.261. The quantitative estimate of drug-likeness (QED) is 0.669. The number of aryl methyl sites for hydroxylation is 2. The number of fused-ring (bicyclic) bond motifs is 1. The van der Waals surface area contributed by atoms with Crippen LogP contribution in [0.4, 0.5) is 5.69 Å². The topological polar surface area (TPSA) is 71.1 Å². The smallest absolute Gasteiger partial charge is 0.263 e. The predicted molar refractivity (Wildman–Crippen MR) is 106 cm³/mol. The highest BCUT2D eigenvalue weighted by Gasteiger charge is 2.22. The third-order valence-corrected chi connectivity index (χ3v) is 4.96. The molecule has 0 aliphatic rings. The summed E-state index contributed by atoms with van der Waals surface area (Å²) < 4.78 is 0. The van der Waals surface area contributed by atoms with Gasteiger partial charge in [-0.3, -0.25) is 9.59 Å². The molecule has 2 aromatic heterocycles. The molecular weight excluding hydrogens is 346 g/mol. The summed E-state index contributed by atoms with van der Waals surface area (Å²) in [6.45, 7) is 7.82. The number of hydrogen-bond acceptors (Lipinski definition) is 4. The summed E-state index contributed by atoms with van der Waals surface area (Å²) in [7, 11) is 0. The number of hydrogen-bond donors (Lipinski definition) is 2. The average Bonchev–Trinajstić information content (AvgIpc) is 2.98. The lowest BCUT2D eigenvalue weighted by molar-refractivity contribution is 0.0963. The maximum absolute atomic E-state index is 12.6. The van der Waals surface area contributed by atoms with Crippen LogP contribution in [0.25, 0.3) is 10.2 Å². The van der Waals surface area contributed by atoms with E-state index in [0.717, 1.165) is 21.5 Å². The number of thiophene rings is 1. The van der Waals surface area contributed by atoms with Crippen molar-refractivity contribution in [3.05, 3.63) is 70.8 Å². The highest BCUT2D eigenvalue weighted by Crippen LogP contribution is 2.37. The van der Waals surface area contributed by atoms with Crippen molar-refractivity contribution in [3.8, 4) is 0 Å². The Bertz CT molecular complexity index is 993. The molecule has 0 atom stereocenters. The fourth-order valence-electron chi connectivity index (χ4n) is 2.74. The largest absolute Gasteiger partial charge is 0.348 e. The standard InChI is InChI=1S/C20H19N3O2S/c1-4-10-21-19(25)17-16(23-18(24)14-8-6-5-7-9-14)15-12(2)11-13(3)22-20(15)26-17/h4-9,11H,1,10H2,2-3H3,(H,21,25)(H,23,24). The minimum absolute atomic E-state index is 0.256. The molecule has 1 aromatic carbocycles. The normalized spacial score (nSPS) is 10.5. The van der Waals surface area contributed by atoms with Crippen molar-refractivity contribution >= 4 is 39.1 Å². The molecule has 3 aromatic rings. The summed E-state index contributed by atoms with van der Waals surface area (Å²) >= 11 is 1.28. The first-order valence-corrected chi connectivity index (χ1v) is 8.99. The lowest BCUT2D eigenvalue weighted by Crippen LogP contribution is -2.24. The van der Waals surface area contributed by atoms with Crippen molar-refractivity contribution in [2.75, 3.05) is 11.9 Å². The van der Waals surface area contributed by atoms with Crippen LogP contribution in [0.15, 0.2) is 49.1 Å². The summed E-state index contributed by atoms with van der Waals surface area (Å²) in [6.07, 6.45) is 1.61. The van der Waals surface area contributed by atoms with Gasteiger partial charge < -0.3 is 10.6 Å². The Morgan fingerprint density at radius 1 is 1.19 bits per heavy atom. The third-order valence-electron chi connectivity index (χ3n) is 3.87. The number of benzene rings is 1. The Kier molecular flexibility index (Phi) is 5.14. The second-order valence-corrected chi connectivity index (χ2v) is 6.88. The van der Waals surface area contributed by atoms with Gasteiger partial charge in [0.05, 0.1) is 5.69 Å². The van der Waals surface area contributed by atoms with E-state index in [-0.39, 0.29) is 11.8 Å². The molecule has 26 heavy (non-hydrogen) atoms. The maximum atomic E-state index is 12.6. The van der Waals surface area contributed by atoms with E-state index in [0.29, 0.717) is 22.7 Å². The Balaban J connectivity index is 2.09. The number of rotatable bonds is 5. The highest BCUT2D eigenvalue weighted by molar-refractivity contribution is 7.21. The summed E-state index contributed by atoms with van der Waals surface area (Å²) in [6, 6.07) is 10.9. The SMILES string of the molecule is C=CCNC(=O)c1sc2nc(C)cc(C)c2c1NC(=O)c1ccccc1. The molecule has 0 radical (unpaired) electrons. The third kappa shape index (κ3) is 3.50. The zero-order chi connectivity index (χ0) is 18.7. The van der Waals surface area contributed by atoms with Gasteiger partial charge in [-0.05, 0) is 37.6 Å². The van der Waals surface area contributed by atoms with E-state index in [2.05, 4.69) is 22.2 Å². The Hall–Kier alpha value is -2.99. The van der Waals surface area contributed by atoms with Gasteiger partial charge in [-0.2, -0.15) is 0 Å². The number of pyridine rings is 1. The van der Waals surface area contributed by atoms with Crippen LogP contribution in [-0.4, -0.2) is 23.3 Å². The van der Waals surface area contributed by atoms with Gasteiger partial charge >= 0.3 is 0 Å².